The van der Waals surface area contributed by atoms with Gasteiger partial charge in [0.05, 0.1) is 4.92 Å². The van der Waals surface area contributed by atoms with Gasteiger partial charge in [-0.15, -0.1) is 0 Å². The summed E-state index contributed by atoms with van der Waals surface area (Å²) < 4.78 is 0. The number of anilines is 1. The molecule has 0 bridgehead atoms. The number of aromatic nitrogens is 1. The van der Waals surface area contributed by atoms with Crippen molar-refractivity contribution in [3.8, 4) is 0 Å². The molecule has 6 heteroatoms. The molecule has 0 aromatic carbocycles. The molecule has 2 heterocycles. The van der Waals surface area contributed by atoms with Gasteiger partial charge in [0.2, 0.25) is 5.82 Å². The minimum Gasteiger partial charge on any atom is -0.360 e. The minimum absolute atomic E-state index is 0.0718. The number of likely N-dealkylation sites (tertiary alicyclic amines) is 1. The Bertz CT molecular complexity index is 530. The highest BCUT2D eigenvalue weighted by Gasteiger charge is 2.39. The summed E-state index contributed by atoms with van der Waals surface area (Å²) in [5, 5.41) is 14.4. The van der Waals surface area contributed by atoms with Crippen LogP contribution in [-0.4, -0.2) is 39.5 Å². The average molecular weight is 276 g/mol. The van der Waals surface area contributed by atoms with Crippen molar-refractivity contribution in [3.63, 3.8) is 0 Å². The third-order valence-corrected chi connectivity index (χ3v) is 4.18. The summed E-state index contributed by atoms with van der Waals surface area (Å²) in [5.74, 6) is 0.399. The Balaban J connectivity index is 1.73. The van der Waals surface area contributed by atoms with E-state index in [1.165, 1.54) is 12.8 Å². The smallest absolute Gasteiger partial charge is 0.311 e. The first-order valence-corrected chi connectivity index (χ1v) is 7.18. The van der Waals surface area contributed by atoms with Crippen molar-refractivity contribution in [1.29, 1.82) is 0 Å². The second-order valence-electron chi connectivity index (χ2n) is 5.99. The number of nitrogens with zero attached hydrogens (tertiary/aromatic N) is 3. The number of pyridine rings is 1. The van der Waals surface area contributed by atoms with E-state index in [9.17, 15) is 10.1 Å². The monoisotopic (exact) mass is 276 g/mol. The van der Waals surface area contributed by atoms with Gasteiger partial charge in [0.15, 0.2) is 0 Å². The summed E-state index contributed by atoms with van der Waals surface area (Å²) in [5.41, 5.74) is 0.879. The van der Waals surface area contributed by atoms with E-state index in [1.54, 1.807) is 12.3 Å². The molecule has 1 aromatic heterocycles. The largest absolute Gasteiger partial charge is 0.360 e. The number of nitro groups is 1. The number of aryl methyl sites for hydroxylation is 1. The summed E-state index contributed by atoms with van der Waals surface area (Å²) in [6, 6.07) is 3.11. The molecule has 1 aliphatic heterocycles. The Morgan fingerprint density at radius 3 is 2.90 bits per heavy atom. The highest BCUT2D eigenvalue weighted by molar-refractivity contribution is 5.57. The van der Waals surface area contributed by atoms with Gasteiger partial charge in [-0.05, 0) is 38.7 Å². The van der Waals surface area contributed by atoms with E-state index in [0.717, 1.165) is 24.6 Å². The Hall–Kier alpha value is -1.69. The van der Waals surface area contributed by atoms with Crippen molar-refractivity contribution in [1.82, 2.24) is 9.88 Å². The molecule has 2 fully saturated rings. The van der Waals surface area contributed by atoms with Gasteiger partial charge in [-0.3, -0.25) is 15.0 Å². The lowest BCUT2D eigenvalue weighted by Gasteiger charge is -2.19. The molecule has 0 amide bonds. The molecule has 20 heavy (non-hydrogen) atoms. The van der Waals surface area contributed by atoms with Crippen LogP contribution in [0.1, 0.15) is 31.7 Å². The Kier molecular flexibility index (Phi) is 3.33. The first-order chi connectivity index (χ1) is 9.54. The molecule has 1 aliphatic carbocycles. The summed E-state index contributed by atoms with van der Waals surface area (Å²) in [7, 11) is 0. The maximum absolute atomic E-state index is 11.1. The molecule has 6 nitrogen and oxygen atoms in total. The van der Waals surface area contributed by atoms with Crippen molar-refractivity contribution in [2.45, 2.75) is 51.2 Å². The minimum atomic E-state index is -0.362. The number of rotatable bonds is 4. The maximum atomic E-state index is 11.1. The van der Waals surface area contributed by atoms with Crippen molar-refractivity contribution >= 4 is 11.5 Å². The SMILES string of the molecule is Cc1cnc(NC2CC(C)N(C3CC3)C2)c([N+](=O)[O-])c1. The molecular weight excluding hydrogens is 256 g/mol. The fraction of sp³-hybridized carbons (Fsp3) is 0.643. The zero-order valence-electron chi connectivity index (χ0n) is 11.9. The predicted octanol–water partition coefficient (Wildman–Crippen LogP) is 2.34. The number of nitrogens with one attached hydrogen (secondary N) is 1. The van der Waals surface area contributed by atoms with Crippen LogP contribution >= 0.6 is 0 Å². The van der Waals surface area contributed by atoms with E-state index in [2.05, 4.69) is 22.1 Å². The van der Waals surface area contributed by atoms with E-state index < -0.39 is 0 Å². The Morgan fingerprint density at radius 1 is 1.50 bits per heavy atom. The lowest BCUT2D eigenvalue weighted by atomic mass is 10.2. The lowest BCUT2D eigenvalue weighted by Crippen LogP contribution is -2.31. The van der Waals surface area contributed by atoms with E-state index in [1.807, 2.05) is 6.92 Å². The van der Waals surface area contributed by atoms with Crippen LogP contribution < -0.4 is 5.32 Å². The van der Waals surface area contributed by atoms with Crippen LogP contribution in [0.2, 0.25) is 0 Å². The Labute approximate surface area is 118 Å². The van der Waals surface area contributed by atoms with Crippen LogP contribution in [0.3, 0.4) is 0 Å². The molecule has 2 atom stereocenters. The van der Waals surface area contributed by atoms with Crippen LogP contribution in [0.15, 0.2) is 12.3 Å². The zero-order valence-corrected chi connectivity index (χ0v) is 11.9. The van der Waals surface area contributed by atoms with E-state index in [0.29, 0.717) is 11.9 Å². The highest BCUT2D eigenvalue weighted by Crippen LogP contribution is 2.34. The molecular formula is C14H20N4O2. The van der Waals surface area contributed by atoms with Crippen LogP contribution in [0, 0.1) is 17.0 Å². The molecule has 1 aromatic rings. The predicted molar refractivity (Wildman–Crippen MR) is 76.8 cm³/mol. The standard InChI is InChI=1S/C14H20N4O2/c1-9-5-13(18(19)20)14(15-7-9)16-11-6-10(2)17(8-11)12-3-4-12/h5,7,10-12H,3-4,6,8H2,1-2H3,(H,15,16). The van der Waals surface area contributed by atoms with E-state index >= 15 is 0 Å². The van der Waals surface area contributed by atoms with Gasteiger partial charge in [0.1, 0.15) is 0 Å². The topological polar surface area (TPSA) is 71.3 Å². The molecule has 1 saturated carbocycles. The van der Waals surface area contributed by atoms with Gasteiger partial charge in [-0.25, -0.2) is 4.98 Å². The molecule has 2 aliphatic rings. The third-order valence-electron chi connectivity index (χ3n) is 4.18. The average Bonchev–Trinajstić information content (AvgIpc) is 3.16. The third kappa shape index (κ3) is 2.60. The van der Waals surface area contributed by atoms with Crippen molar-refractivity contribution in [3.05, 3.63) is 27.9 Å². The molecule has 2 unspecified atom stereocenters. The molecule has 3 rings (SSSR count). The van der Waals surface area contributed by atoms with Gasteiger partial charge >= 0.3 is 5.69 Å². The van der Waals surface area contributed by atoms with Gasteiger partial charge in [-0.2, -0.15) is 0 Å². The first-order valence-electron chi connectivity index (χ1n) is 7.18. The summed E-state index contributed by atoms with van der Waals surface area (Å²) >= 11 is 0. The summed E-state index contributed by atoms with van der Waals surface area (Å²) in [4.78, 5) is 17.5. The fourth-order valence-electron chi connectivity index (χ4n) is 3.07. The van der Waals surface area contributed by atoms with Crippen molar-refractivity contribution in [2.75, 3.05) is 11.9 Å². The highest BCUT2D eigenvalue weighted by atomic mass is 16.6. The summed E-state index contributed by atoms with van der Waals surface area (Å²) in [6.45, 7) is 5.01. The lowest BCUT2D eigenvalue weighted by molar-refractivity contribution is -0.384. The number of hydrogen-bond donors (Lipinski definition) is 1. The van der Waals surface area contributed by atoms with Gasteiger partial charge in [0, 0.05) is 36.9 Å². The van der Waals surface area contributed by atoms with Crippen LogP contribution in [0.4, 0.5) is 11.5 Å². The molecule has 1 saturated heterocycles. The van der Waals surface area contributed by atoms with Gasteiger partial charge in [-0.1, -0.05) is 0 Å². The van der Waals surface area contributed by atoms with E-state index in [4.69, 9.17) is 0 Å². The second-order valence-corrected chi connectivity index (χ2v) is 5.99. The zero-order chi connectivity index (χ0) is 14.3. The first kappa shape index (κ1) is 13.3. The van der Waals surface area contributed by atoms with Crippen LogP contribution in [0.5, 0.6) is 0 Å². The van der Waals surface area contributed by atoms with Crippen LogP contribution in [-0.2, 0) is 0 Å². The maximum Gasteiger partial charge on any atom is 0.311 e. The van der Waals surface area contributed by atoms with Gasteiger partial charge in [0.25, 0.3) is 0 Å². The van der Waals surface area contributed by atoms with Crippen molar-refractivity contribution in [2.24, 2.45) is 0 Å². The normalized spacial score (nSPS) is 26.7. The fourth-order valence-corrected chi connectivity index (χ4v) is 3.07. The quantitative estimate of drug-likeness (QED) is 0.675. The Morgan fingerprint density at radius 2 is 2.25 bits per heavy atom. The molecule has 0 radical (unpaired) electrons. The molecule has 0 spiro atoms. The number of hydrogen-bond acceptors (Lipinski definition) is 5. The van der Waals surface area contributed by atoms with Crippen LogP contribution in [0.25, 0.3) is 0 Å². The molecule has 108 valence electrons. The summed E-state index contributed by atoms with van der Waals surface area (Å²) in [6.07, 6.45) is 5.27. The van der Waals surface area contributed by atoms with Gasteiger partial charge < -0.3 is 5.32 Å². The molecule has 1 N–H and O–H groups in total. The van der Waals surface area contributed by atoms with E-state index in [-0.39, 0.29) is 16.7 Å². The second kappa shape index (κ2) is 5.01. The van der Waals surface area contributed by atoms with Crippen molar-refractivity contribution < 1.29 is 4.92 Å².